The molecule has 3 heteroatoms. The number of fused-ring (bicyclic) bond motifs is 1. The van der Waals surface area contributed by atoms with Crippen LogP contribution in [0.5, 0.6) is 0 Å². The van der Waals surface area contributed by atoms with Gasteiger partial charge < -0.3 is 0 Å². The summed E-state index contributed by atoms with van der Waals surface area (Å²) in [6, 6.07) is 15.5. The first-order chi connectivity index (χ1) is 9.70. The second-order valence-electron chi connectivity index (χ2n) is 4.50. The van der Waals surface area contributed by atoms with Crippen LogP contribution in [0.4, 0.5) is 4.39 Å². The van der Waals surface area contributed by atoms with Crippen molar-refractivity contribution < 1.29 is 9.18 Å². The van der Waals surface area contributed by atoms with E-state index in [9.17, 15) is 9.18 Å². The maximum absolute atomic E-state index is 13.8. The van der Waals surface area contributed by atoms with Crippen molar-refractivity contribution in [3.63, 3.8) is 0 Å². The van der Waals surface area contributed by atoms with Crippen molar-refractivity contribution >= 4 is 28.7 Å². The number of carbonyl (C=O) groups excluding carboxylic acids is 1. The second-order valence-corrected chi connectivity index (χ2v) is 4.90. The van der Waals surface area contributed by atoms with Gasteiger partial charge in [-0.25, -0.2) is 4.39 Å². The van der Waals surface area contributed by atoms with E-state index in [-0.39, 0.29) is 5.82 Å². The van der Waals surface area contributed by atoms with Crippen molar-refractivity contribution in [1.29, 1.82) is 0 Å². The molecule has 3 aromatic carbocycles. The van der Waals surface area contributed by atoms with Crippen LogP contribution in [0.15, 0.2) is 54.6 Å². The van der Waals surface area contributed by atoms with Crippen molar-refractivity contribution in [2.45, 2.75) is 0 Å². The van der Waals surface area contributed by atoms with Crippen LogP contribution in [0, 0.1) is 5.82 Å². The first kappa shape index (κ1) is 12.8. The fourth-order valence-corrected chi connectivity index (χ4v) is 2.61. The predicted molar refractivity (Wildman–Crippen MR) is 79.7 cm³/mol. The second kappa shape index (κ2) is 5.06. The van der Waals surface area contributed by atoms with Crippen LogP contribution in [0.1, 0.15) is 10.4 Å². The Balaban J connectivity index is 2.30. The molecule has 3 rings (SSSR count). The van der Waals surface area contributed by atoms with Crippen LogP contribution < -0.4 is 0 Å². The average molecular weight is 285 g/mol. The van der Waals surface area contributed by atoms with E-state index in [2.05, 4.69) is 0 Å². The number of aldehydes is 1. The molecule has 0 aliphatic rings. The molecular weight excluding hydrogens is 275 g/mol. The molecule has 98 valence electrons. The SMILES string of the molecule is O=Cc1ccc(-c2ccc(F)c3ccccc23)c(Cl)c1. The zero-order valence-corrected chi connectivity index (χ0v) is 11.2. The maximum Gasteiger partial charge on any atom is 0.150 e. The molecule has 0 unspecified atom stereocenters. The van der Waals surface area contributed by atoms with Gasteiger partial charge in [0.15, 0.2) is 0 Å². The minimum Gasteiger partial charge on any atom is -0.298 e. The van der Waals surface area contributed by atoms with Crippen LogP contribution >= 0.6 is 11.6 Å². The van der Waals surface area contributed by atoms with Gasteiger partial charge in [-0.3, -0.25) is 4.79 Å². The first-order valence-corrected chi connectivity index (χ1v) is 6.51. The molecule has 0 saturated heterocycles. The van der Waals surface area contributed by atoms with Crippen molar-refractivity contribution in [3.05, 3.63) is 71.0 Å². The van der Waals surface area contributed by atoms with Crippen LogP contribution in [0.25, 0.3) is 21.9 Å². The van der Waals surface area contributed by atoms with E-state index < -0.39 is 0 Å². The van der Waals surface area contributed by atoms with Gasteiger partial charge in [0.2, 0.25) is 0 Å². The molecule has 0 bridgehead atoms. The van der Waals surface area contributed by atoms with E-state index >= 15 is 0 Å². The fraction of sp³-hybridized carbons (Fsp3) is 0. The van der Waals surface area contributed by atoms with E-state index in [0.29, 0.717) is 16.0 Å². The number of halogens is 2. The highest BCUT2D eigenvalue weighted by molar-refractivity contribution is 6.34. The zero-order valence-electron chi connectivity index (χ0n) is 10.4. The van der Waals surface area contributed by atoms with Crippen LogP contribution in [-0.4, -0.2) is 6.29 Å². The summed E-state index contributed by atoms with van der Waals surface area (Å²) in [5.74, 6) is -0.259. The quantitative estimate of drug-likeness (QED) is 0.598. The number of carbonyl (C=O) groups is 1. The van der Waals surface area contributed by atoms with Crippen LogP contribution in [0.2, 0.25) is 5.02 Å². The predicted octanol–water partition coefficient (Wildman–Crippen LogP) is 5.11. The van der Waals surface area contributed by atoms with E-state index in [1.165, 1.54) is 6.07 Å². The van der Waals surface area contributed by atoms with Gasteiger partial charge in [-0.1, -0.05) is 54.1 Å². The van der Waals surface area contributed by atoms with Gasteiger partial charge in [-0.2, -0.15) is 0 Å². The van der Waals surface area contributed by atoms with E-state index in [4.69, 9.17) is 11.6 Å². The lowest BCUT2D eigenvalue weighted by atomic mass is 9.97. The minimum absolute atomic E-state index is 0.259. The van der Waals surface area contributed by atoms with Gasteiger partial charge in [0.1, 0.15) is 12.1 Å². The Kier molecular flexibility index (Phi) is 3.25. The van der Waals surface area contributed by atoms with Gasteiger partial charge in [0, 0.05) is 21.5 Å². The summed E-state index contributed by atoms with van der Waals surface area (Å²) in [4.78, 5) is 10.8. The van der Waals surface area contributed by atoms with Crippen molar-refractivity contribution in [1.82, 2.24) is 0 Å². The Labute approximate surface area is 120 Å². The maximum atomic E-state index is 13.8. The molecule has 0 spiro atoms. The summed E-state index contributed by atoms with van der Waals surface area (Å²) in [6.07, 6.45) is 0.748. The molecule has 0 aromatic heterocycles. The van der Waals surface area contributed by atoms with Gasteiger partial charge >= 0.3 is 0 Å². The zero-order chi connectivity index (χ0) is 14.1. The fourth-order valence-electron chi connectivity index (χ4n) is 2.32. The number of hydrogen-bond acceptors (Lipinski definition) is 1. The Morgan fingerprint density at radius 3 is 2.30 bits per heavy atom. The third kappa shape index (κ3) is 2.08. The molecule has 0 heterocycles. The smallest absolute Gasteiger partial charge is 0.150 e. The molecule has 0 aliphatic carbocycles. The van der Waals surface area contributed by atoms with E-state index in [0.717, 1.165) is 22.8 Å². The molecule has 0 aliphatic heterocycles. The number of hydrogen-bond donors (Lipinski definition) is 0. The summed E-state index contributed by atoms with van der Waals surface area (Å²) in [5, 5.41) is 1.83. The van der Waals surface area contributed by atoms with E-state index in [1.807, 2.05) is 12.1 Å². The largest absolute Gasteiger partial charge is 0.298 e. The Hall–Kier alpha value is -2.19. The summed E-state index contributed by atoms with van der Waals surface area (Å²) >= 11 is 6.23. The first-order valence-electron chi connectivity index (χ1n) is 6.13. The molecule has 1 nitrogen and oxygen atoms in total. The lowest BCUT2D eigenvalue weighted by Crippen LogP contribution is -1.87. The highest BCUT2D eigenvalue weighted by atomic mass is 35.5. The van der Waals surface area contributed by atoms with Crippen molar-refractivity contribution in [2.75, 3.05) is 0 Å². The lowest BCUT2D eigenvalue weighted by molar-refractivity contribution is 0.112. The number of benzene rings is 3. The van der Waals surface area contributed by atoms with Gasteiger partial charge in [-0.15, -0.1) is 0 Å². The topological polar surface area (TPSA) is 17.1 Å². The standard InChI is InChI=1S/C17H10ClFO/c18-16-9-11(10-20)5-6-14(16)13-7-8-17(19)15-4-2-1-3-12(13)15/h1-10H. The molecule has 0 atom stereocenters. The average Bonchev–Trinajstić information content (AvgIpc) is 2.48. The summed E-state index contributed by atoms with van der Waals surface area (Å²) in [6.45, 7) is 0. The van der Waals surface area contributed by atoms with Gasteiger partial charge in [0.05, 0.1) is 0 Å². The molecule has 0 saturated carbocycles. The summed E-state index contributed by atoms with van der Waals surface area (Å²) < 4.78 is 13.8. The van der Waals surface area contributed by atoms with Crippen molar-refractivity contribution in [2.24, 2.45) is 0 Å². The molecule has 3 aromatic rings. The number of rotatable bonds is 2. The lowest BCUT2D eigenvalue weighted by Gasteiger charge is -2.10. The van der Waals surface area contributed by atoms with Crippen molar-refractivity contribution in [3.8, 4) is 11.1 Å². The minimum atomic E-state index is -0.259. The molecule has 0 amide bonds. The third-order valence-corrected chi connectivity index (χ3v) is 3.60. The van der Waals surface area contributed by atoms with Gasteiger partial charge in [0.25, 0.3) is 0 Å². The highest BCUT2D eigenvalue weighted by Gasteiger charge is 2.10. The molecule has 0 radical (unpaired) electrons. The van der Waals surface area contributed by atoms with Crippen LogP contribution in [-0.2, 0) is 0 Å². The summed E-state index contributed by atoms with van der Waals surface area (Å²) in [7, 11) is 0. The third-order valence-electron chi connectivity index (χ3n) is 3.29. The molecular formula is C17H10ClFO. The normalized spacial score (nSPS) is 10.7. The highest BCUT2D eigenvalue weighted by Crippen LogP contribution is 2.34. The molecule has 0 fully saturated rings. The van der Waals surface area contributed by atoms with Crippen LogP contribution in [0.3, 0.4) is 0 Å². The molecule has 20 heavy (non-hydrogen) atoms. The Morgan fingerprint density at radius 1 is 0.900 bits per heavy atom. The van der Waals surface area contributed by atoms with Gasteiger partial charge in [-0.05, 0) is 23.1 Å². The summed E-state index contributed by atoms with van der Waals surface area (Å²) in [5.41, 5.74) is 2.16. The Morgan fingerprint density at radius 2 is 1.60 bits per heavy atom. The Bertz CT molecular complexity index is 811. The van der Waals surface area contributed by atoms with E-state index in [1.54, 1.807) is 36.4 Å². The monoisotopic (exact) mass is 284 g/mol. The molecule has 0 N–H and O–H groups in total.